The number of rotatable bonds is 43. The molecule has 8 unspecified atom stereocenters. The molecular weight excluding hydrogens is 1470 g/mol. The molecule has 122 heavy (non-hydrogen) atoms. The van der Waals surface area contributed by atoms with Crippen LogP contribution in [0.15, 0.2) is 0 Å². The summed E-state index contributed by atoms with van der Waals surface area (Å²) >= 11 is 0. The monoisotopic (exact) mass is 1720 g/mol. The second-order valence-corrected chi connectivity index (χ2v) is 56.9. The summed E-state index contributed by atoms with van der Waals surface area (Å²) in [4.78, 5) is 0. The van der Waals surface area contributed by atoms with Gasteiger partial charge in [0.05, 0.1) is 0 Å². The molecule has 0 amide bonds. The fourth-order valence-electron chi connectivity index (χ4n) is 17.7. The highest BCUT2D eigenvalue weighted by Gasteiger charge is 2.43. The van der Waals surface area contributed by atoms with E-state index in [2.05, 4.69) is 367 Å². The van der Waals surface area contributed by atoms with Gasteiger partial charge in [-0.1, -0.05) is 553 Å². The van der Waals surface area contributed by atoms with Gasteiger partial charge < -0.3 is 0 Å². The highest BCUT2D eigenvalue weighted by molar-refractivity contribution is 4.93. The van der Waals surface area contributed by atoms with Gasteiger partial charge in [0.25, 0.3) is 0 Å². The van der Waals surface area contributed by atoms with E-state index in [1.807, 2.05) is 0 Å². The lowest BCUT2D eigenvalue weighted by Crippen LogP contribution is -2.38. The van der Waals surface area contributed by atoms with E-state index in [1.54, 1.807) is 0 Å². The molecule has 2 fully saturated rings. The summed E-state index contributed by atoms with van der Waals surface area (Å²) in [6.45, 7) is 126. The summed E-state index contributed by atoms with van der Waals surface area (Å²) in [6.07, 6.45) is 57.7. The largest absolute Gasteiger partial charge is 0.0651 e. The minimum Gasteiger partial charge on any atom is -0.0651 e. The molecule has 0 N–H and O–H groups in total. The van der Waals surface area contributed by atoms with E-state index in [-0.39, 0.29) is 0 Å². The van der Waals surface area contributed by atoms with Crippen LogP contribution in [-0.2, 0) is 0 Å². The molecule has 0 spiro atoms. The summed E-state index contributed by atoms with van der Waals surface area (Å²) in [5.41, 5.74) is 6.35. The second-order valence-electron chi connectivity index (χ2n) is 56.9. The van der Waals surface area contributed by atoms with Crippen LogP contribution in [0.5, 0.6) is 0 Å². The van der Waals surface area contributed by atoms with Crippen LogP contribution < -0.4 is 0 Å². The zero-order valence-electron chi connectivity index (χ0n) is 97.2. The van der Waals surface area contributed by atoms with E-state index >= 15 is 0 Å². The Bertz CT molecular complexity index is 2240. The maximum atomic E-state index is 2.49. The molecule has 0 heteroatoms. The van der Waals surface area contributed by atoms with Crippen LogP contribution in [-0.4, -0.2) is 0 Å². The lowest BCUT2D eigenvalue weighted by Gasteiger charge is -2.47. The van der Waals surface area contributed by atoms with Crippen LogP contribution in [0.4, 0.5) is 0 Å². The number of hydrogen-bond donors (Lipinski definition) is 0. The summed E-state index contributed by atoms with van der Waals surface area (Å²) < 4.78 is 0. The van der Waals surface area contributed by atoms with Gasteiger partial charge in [-0.15, -0.1) is 0 Å². The van der Waals surface area contributed by atoms with Crippen LogP contribution in [0.1, 0.15) is 630 Å². The summed E-state index contributed by atoms with van der Waals surface area (Å²) in [7, 11) is 0. The van der Waals surface area contributed by atoms with Crippen molar-refractivity contribution in [3.63, 3.8) is 0 Å². The van der Waals surface area contributed by atoms with Crippen LogP contribution in [0.2, 0.25) is 0 Å². The molecule has 8 atom stereocenters. The third-order valence-corrected chi connectivity index (χ3v) is 33.7. The van der Waals surface area contributed by atoms with Crippen molar-refractivity contribution in [2.75, 3.05) is 0 Å². The Balaban J connectivity index is -0.000000316. The molecule has 2 aliphatic carbocycles. The van der Waals surface area contributed by atoms with Crippen molar-refractivity contribution in [3.05, 3.63) is 0 Å². The first kappa shape index (κ1) is 133. The van der Waals surface area contributed by atoms with Crippen molar-refractivity contribution in [1.82, 2.24) is 0 Å². The third kappa shape index (κ3) is 71.7. The fraction of sp³-hybridized carbons (Fsp3) is 1.00. The lowest BCUT2D eigenvalue weighted by molar-refractivity contribution is 0.0252. The Morgan fingerprint density at radius 3 is 0.738 bits per heavy atom. The van der Waals surface area contributed by atoms with Crippen molar-refractivity contribution in [2.45, 2.75) is 630 Å². The first-order valence-corrected chi connectivity index (χ1v) is 54.9. The average Bonchev–Trinajstić information content (AvgIpc) is 0.808. The van der Waals surface area contributed by atoms with E-state index < -0.39 is 0 Å². The molecular formula is C122H256. The van der Waals surface area contributed by atoms with Gasteiger partial charge in [0.1, 0.15) is 0 Å². The molecule has 0 heterocycles. The Kier molecular flexibility index (Phi) is 70.5. The normalized spacial score (nSPS) is 19.8. The smallest absolute Gasteiger partial charge is 0.0277 e. The van der Waals surface area contributed by atoms with Crippen LogP contribution >= 0.6 is 0 Å². The molecule has 2 rings (SSSR count). The van der Waals surface area contributed by atoms with Gasteiger partial charge in [0.2, 0.25) is 0 Å². The highest BCUT2D eigenvalue weighted by Crippen LogP contribution is 2.53. The molecule has 0 aromatic heterocycles. The molecule has 0 aromatic rings. The van der Waals surface area contributed by atoms with Crippen molar-refractivity contribution in [3.8, 4) is 0 Å². The van der Waals surface area contributed by atoms with Gasteiger partial charge >= 0.3 is 0 Å². The lowest BCUT2D eigenvalue weighted by atomic mass is 9.58. The van der Waals surface area contributed by atoms with Crippen molar-refractivity contribution in [1.29, 1.82) is 0 Å². The predicted molar refractivity (Wildman–Crippen MR) is 574 cm³/mol. The first-order chi connectivity index (χ1) is 54.9. The SMILES string of the molecule is CC(C)C1CCC(C)(C(C)(C)C)CC1.CC(C)CCCC(C)CCC(C)(C)C.CC(C)CCCC(C)CCC(C)(C)C.CC(C)CCCC(C)CCCC(C)CCC(C)(C)C.CC1CCC(C(C)(C)C(C)(C)C)CC1.CCC(C)(CCCC(C)C)C(C)(C)C.CCC(C)(CCCC(C)CCCC(C)C)C(C)(C)C.CCC(C)CCCC(C)(C)C(C)(C)C. The molecule has 0 aromatic carbocycles. The van der Waals surface area contributed by atoms with Gasteiger partial charge in [-0.3, -0.25) is 0 Å². The van der Waals surface area contributed by atoms with Gasteiger partial charge in [-0.05, 0) is 236 Å². The maximum absolute atomic E-state index is 2.49. The van der Waals surface area contributed by atoms with Crippen molar-refractivity contribution < 1.29 is 0 Å². The molecule has 0 saturated heterocycles. The Labute approximate surface area is 784 Å². The Morgan fingerprint density at radius 1 is 0.262 bits per heavy atom. The maximum Gasteiger partial charge on any atom is -0.0277 e. The molecule has 2 aliphatic rings. The van der Waals surface area contributed by atoms with E-state index in [1.165, 1.54) is 263 Å². The van der Waals surface area contributed by atoms with E-state index in [0.717, 1.165) is 88.8 Å². The molecule has 0 nitrogen and oxygen atoms in total. The van der Waals surface area contributed by atoms with Gasteiger partial charge in [0.15, 0.2) is 0 Å². The van der Waals surface area contributed by atoms with E-state index in [9.17, 15) is 0 Å². The number of hydrogen-bond acceptors (Lipinski definition) is 0. The highest BCUT2D eigenvalue weighted by atomic mass is 14.5. The van der Waals surface area contributed by atoms with Gasteiger partial charge in [0, 0.05) is 0 Å². The van der Waals surface area contributed by atoms with Crippen LogP contribution in [0.3, 0.4) is 0 Å². The van der Waals surface area contributed by atoms with Crippen molar-refractivity contribution in [2.24, 2.45) is 159 Å². The topological polar surface area (TPSA) is 0 Å². The zero-order chi connectivity index (χ0) is 97.2. The van der Waals surface area contributed by atoms with Gasteiger partial charge in [-0.25, -0.2) is 0 Å². The quantitative estimate of drug-likeness (QED) is 0.0571. The van der Waals surface area contributed by atoms with Crippen LogP contribution in [0, 0.1) is 159 Å². The summed E-state index contributed by atoms with van der Waals surface area (Å²) in [5.74, 6) is 13.7. The standard InChI is InChI=1S/2C19H40.2C14H28.4C14H30/c1-16(2)10-8-11-17(3)12-9-13-18(4)14-15-19(5,6)7;1-9-19(8,18(5,6)7)15-11-14-17(4)13-10-12-16(2)3;1-11-7-9-12(10-8-11)14(5,6)13(2,3)4;1-11(2)12-7-9-14(6,10-8-12)13(3,4)5;2*1-12(2)8-7-9-13(3)10-11-14(4,5)6;1-8-12(2)10-9-11-14(6,7)13(3,4)5;1-8-14(7,13(4,5)6)11-9-10-12(2)3/h16-18H,8-15H2,1-7H3;16-17H,9-15H2,1-8H3;2*11-12H,7-10H2,1-6H3;2*12-13H,7-11H2,1-6H3;2*12H,8-11H2,1-7H3. The van der Waals surface area contributed by atoms with Gasteiger partial charge in [-0.2, -0.15) is 0 Å². The fourth-order valence-corrected chi connectivity index (χ4v) is 17.7. The van der Waals surface area contributed by atoms with E-state index in [0.29, 0.717) is 70.4 Å². The third-order valence-electron chi connectivity index (χ3n) is 33.7. The predicted octanol–water partition coefficient (Wildman–Crippen LogP) is 45.0. The zero-order valence-corrected chi connectivity index (χ0v) is 97.2. The first-order valence-electron chi connectivity index (χ1n) is 54.9. The minimum absolute atomic E-state index is 0.433. The molecule has 0 bridgehead atoms. The Morgan fingerprint density at radius 2 is 0.508 bits per heavy atom. The van der Waals surface area contributed by atoms with E-state index in [4.69, 9.17) is 0 Å². The molecule has 0 radical (unpaired) electrons. The summed E-state index contributed by atoms with van der Waals surface area (Å²) in [6, 6.07) is 0. The molecule has 744 valence electrons. The Hall–Kier alpha value is 0. The molecule has 2 saturated carbocycles. The average molecular weight is 1720 g/mol. The minimum atomic E-state index is 0.433. The van der Waals surface area contributed by atoms with Crippen molar-refractivity contribution >= 4 is 0 Å². The van der Waals surface area contributed by atoms with Crippen LogP contribution in [0.25, 0.3) is 0 Å². The molecule has 0 aliphatic heterocycles. The second kappa shape index (κ2) is 64.8. The summed E-state index contributed by atoms with van der Waals surface area (Å²) in [5, 5.41) is 0.